The summed E-state index contributed by atoms with van der Waals surface area (Å²) in [5.74, 6) is 1.96. The molecular weight excluding hydrogens is 228 g/mol. The summed E-state index contributed by atoms with van der Waals surface area (Å²) in [5.41, 5.74) is 1.16. The van der Waals surface area contributed by atoms with Crippen molar-refractivity contribution in [3.8, 4) is 0 Å². The second-order valence-corrected chi connectivity index (χ2v) is 4.78. The van der Waals surface area contributed by atoms with Crippen molar-refractivity contribution in [3.05, 3.63) is 23.2 Å². The first kappa shape index (κ1) is 15.2. The van der Waals surface area contributed by atoms with Gasteiger partial charge in [-0.25, -0.2) is 0 Å². The zero-order valence-corrected chi connectivity index (χ0v) is 12.1. The Kier molecular flexibility index (Phi) is 7.01. The monoisotopic (exact) mass is 254 g/mol. The van der Waals surface area contributed by atoms with E-state index in [1.54, 1.807) is 0 Å². The van der Waals surface area contributed by atoms with Crippen LogP contribution in [0.4, 0.5) is 0 Å². The van der Waals surface area contributed by atoms with E-state index in [4.69, 9.17) is 9.15 Å². The van der Waals surface area contributed by atoms with Crippen LogP contribution in [-0.4, -0.2) is 38.7 Å². The summed E-state index contributed by atoms with van der Waals surface area (Å²) in [6.45, 7) is 8.34. The first-order valence-corrected chi connectivity index (χ1v) is 6.64. The maximum atomic E-state index is 5.66. The van der Waals surface area contributed by atoms with E-state index in [0.29, 0.717) is 6.61 Å². The highest BCUT2D eigenvalue weighted by Gasteiger charge is 2.06. The number of nitrogens with one attached hydrogen (secondary N) is 1. The molecule has 0 spiro atoms. The van der Waals surface area contributed by atoms with Gasteiger partial charge in [-0.2, -0.15) is 0 Å². The minimum absolute atomic E-state index is 0.648. The van der Waals surface area contributed by atoms with E-state index in [1.807, 2.05) is 6.92 Å². The van der Waals surface area contributed by atoms with Crippen LogP contribution in [0.2, 0.25) is 0 Å². The van der Waals surface area contributed by atoms with Crippen LogP contribution in [-0.2, 0) is 17.9 Å². The molecule has 1 rings (SSSR count). The third-order valence-electron chi connectivity index (χ3n) is 2.77. The van der Waals surface area contributed by atoms with Crippen LogP contribution < -0.4 is 5.32 Å². The van der Waals surface area contributed by atoms with Gasteiger partial charge in [0.05, 0.1) is 13.2 Å². The standard InChI is InChI=1S/C14H26N2O2/c1-5-15-10-14-9-13(12(2)18-14)11-17-8-6-7-16(3)4/h9,15H,5-8,10-11H2,1-4H3. The number of aryl methyl sites for hydroxylation is 1. The van der Waals surface area contributed by atoms with Gasteiger partial charge in [0.1, 0.15) is 11.5 Å². The fourth-order valence-electron chi connectivity index (χ4n) is 1.73. The third kappa shape index (κ3) is 5.67. The molecule has 0 aromatic carbocycles. The van der Waals surface area contributed by atoms with Gasteiger partial charge in [0.2, 0.25) is 0 Å². The summed E-state index contributed by atoms with van der Waals surface area (Å²) in [6, 6.07) is 2.09. The number of hydrogen-bond donors (Lipinski definition) is 1. The van der Waals surface area contributed by atoms with Crippen molar-refractivity contribution in [1.29, 1.82) is 0 Å². The van der Waals surface area contributed by atoms with Gasteiger partial charge >= 0.3 is 0 Å². The van der Waals surface area contributed by atoms with Crippen molar-refractivity contribution in [2.24, 2.45) is 0 Å². The Morgan fingerprint density at radius 1 is 1.39 bits per heavy atom. The normalized spacial score (nSPS) is 11.4. The number of rotatable bonds is 9. The largest absolute Gasteiger partial charge is 0.465 e. The molecule has 1 aromatic heterocycles. The Morgan fingerprint density at radius 2 is 2.17 bits per heavy atom. The van der Waals surface area contributed by atoms with Gasteiger partial charge in [0.25, 0.3) is 0 Å². The second-order valence-electron chi connectivity index (χ2n) is 4.78. The van der Waals surface area contributed by atoms with Gasteiger partial charge in [0.15, 0.2) is 0 Å². The molecule has 104 valence electrons. The van der Waals surface area contributed by atoms with E-state index in [2.05, 4.69) is 37.3 Å². The minimum Gasteiger partial charge on any atom is -0.465 e. The Balaban J connectivity index is 2.26. The molecule has 0 bridgehead atoms. The Bertz CT molecular complexity index is 335. The highest BCUT2D eigenvalue weighted by molar-refractivity contribution is 5.19. The molecule has 0 saturated heterocycles. The summed E-state index contributed by atoms with van der Waals surface area (Å²) < 4.78 is 11.3. The van der Waals surface area contributed by atoms with Crippen LogP contribution >= 0.6 is 0 Å². The van der Waals surface area contributed by atoms with Gasteiger partial charge in [-0.3, -0.25) is 0 Å². The molecule has 1 N–H and O–H groups in total. The summed E-state index contributed by atoms with van der Waals surface area (Å²) in [5, 5.41) is 3.25. The predicted molar refractivity (Wildman–Crippen MR) is 73.7 cm³/mol. The van der Waals surface area contributed by atoms with Gasteiger partial charge in [-0.15, -0.1) is 0 Å². The molecular formula is C14H26N2O2. The van der Waals surface area contributed by atoms with Crippen LogP contribution in [0, 0.1) is 6.92 Å². The predicted octanol–water partition coefficient (Wildman–Crippen LogP) is 2.17. The van der Waals surface area contributed by atoms with Gasteiger partial charge in [-0.1, -0.05) is 6.92 Å². The third-order valence-corrected chi connectivity index (χ3v) is 2.77. The fraction of sp³-hybridized carbons (Fsp3) is 0.714. The zero-order chi connectivity index (χ0) is 13.4. The van der Waals surface area contributed by atoms with E-state index in [9.17, 15) is 0 Å². The molecule has 4 nitrogen and oxygen atoms in total. The van der Waals surface area contributed by atoms with Crippen LogP contribution in [0.25, 0.3) is 0 Å². The molecule has 0 unspecified atom stereocenters. The van der Waals surface area contributed by atoms with E-state index in [-0.39, 0.29) is 0 Å². The quantitative estimate of drug-likeness (QED) is 0.685. The lowest BCUT2D eigenvalue weighted by atomic mass is 10.2. The summed E-state index contributed by atoms with van der Waals surface area (Å²) >= 11 is 0. The molecule has 0 amide bonds. The summed E-state index contributed by atoms with van der Waals surface area (Å²) in [6.07, 6.45) is 1.06. The molecule has 18 heavy (non-hydrogen) atoms. The van der Waals surface area contributed by atoms with Crippen molar-refractivity contribution in [2.75, 3.05) is 33.8 Å². The number of nitrogens with zero attached hydrogens (tertiary/aromatic N) is 1. The van der Waals surface area contributed by atoms with Crippen molar-refractivity contribution >= 4 is 0 Å². The first-order valence-electron chi connectivity index (χ1n) is 6.64. The molecule has 0 atom stereocenters. The zero-order valence-electron chi connectivity index (χ0n) is 12.1. The van der Waals surface area contributed by atoms with Crippen LogP contribution in [0.15, 0.2) is 10.5 Å². The van der Waals surface area contributed by atoms with E-state index in [1.165, 1.54) is 0 Å². The lowest BCUT2D eigenvalue weighted by molar-refractivity contribution is 0.112. The van der Waals surface area contributed by atoms with Crippen molar-refractivity contribution in [1.82, 2.24) is 10.2 Å². The van der Waals surface area contributed by atoms with E-state index >= 15 is 0 Å². The van der Waals surface area contributed by atoms with E-state index < -0.39 is 0 Å². The smallest absolute Gasteiger partial charge is 0.118 e. The number of hydrogen-bond acceptors (Lipinski definition) is 4. The van der Waals surface area contributed by atoms with Crippen molar-refractivity contribution in [3.63, 3.8) is 0 Å². The Labute approximate surface area is 110 Å². The SMILES string of the molecule is CCNCc1cc(COCCCN(C)C)c(C)o1. The van der Waals surface area contributed by atoms with Crippen LogP contribution in [0.1, 0.15) is 30.4 Å². The molecule has 4 heteroatoms. The maximum Gasteiger partial charge on any atom is 0.118 e. The molecule has 0 radical (unpaired) electrons. The van der Waals surface area contributed by atoms with Crippen molar-refractivity contribution in [2.45, 2.75) is 33.4 Å². The Morgan fingerprint density at radius 3 is 2.83 bits per heavy atom. The molecule has 0 saturated carbocycles. The fourth-order valence-corrected chi connectivity index (χ4v) is 1.73. The molecule has 0 aliphatic heterocycles. The van der Waals surface area contributed by atoms with Gasteiger partial charge in [-0.05, 0) is 46.6 Å². The topological polar surface area (TPSA) is 37.6 Å². The molecule has 1 heterocycles. The average molecular weight is 254 g/mol. The Hall–Kier alpha value is -0.840. The summed E-state index contributed by atoms with van der Waals surface area (Å²) in [4.78, 5) is 2.17. The van der Waals surface area contributed by atoms with Crippen LogP contribution in [0.3, 0.4) is 0 Å². The van der Waals surface area contributed by atoms with Crippen molar-refractivity contribution < 1.29 is 9.15 Å². The maximum absolute atomic E-state index is 5.66. The number of furan rings is 1. The minimum atomic E-state index is 0.648. The molecule has 0 aliphatic carbocycles. The first-order chi connectivity index (χ1) is 8.63. The van der Waals surface area contributed by atoms with Gasteiger partial charge in [0, 0.05) is 12.2 Å². The van der Waals surface area contributed by atoms with Gasteiger partial charge < -0.3 is 19.4 Å². The molecule has 1 aromatic rings. The van der Waals surface area contributed by atoms with E-state index in [0.717, 1.165) is 49.7 Å². The average Bonchev–Trinajstić information content (AvgIpc) is 2.67. The lowest BCUT2D eigenvalue weighted by Crippen LogP contribution is -2.14. The second kappa shape index (κ2) is 8.29. The summed E-state index contributed by atoms with van der Waals surface area (Å²) in [7, 11) is 4.15. The molecule has 0 fully saturated rings. The molecule has 0 aliphatic rings. The highest BCUT2D eigenvalue weighted by atomic mass is 16.5. The van der Waals surface area contributed by atoms with Crippen LogP contribution in [0.5, 0.6) is 0 Å². The highest BCUT2D eigenvalue weighted by Crippen LogP contribution is 2.15. The lowest BCUT2D eigenvalue weighted by Gasteiger charge is -2.09. The number of ether oxygens (including phenoxy) is 1.